The normalized spacial score (nSPS) is 11.6. The molecule has 0 atom stereocenters. The van der Waals surface area contributed by atoms with E-state index in [-0.39, 0.29) is 18.1 Å². The van der Waals surface area contributed by atoms with Gasteiger partial charge in [0.2, 0.25) is 5.91 Å². The first-order valence-corrected chi connectivity index (χ1v) is 8.74. The highest BCUT2D eigenvalue weighted by Crippen LogP contribution is 2.25. The lowest BCUT2D eigenvalue weighted by Crippen LogP contribution is -2.17. The molecule has 0 saturated heterocycles. The van der Waals surface area contributed by atoms with Crippen molar-refractivity contribution in [3.63, 3.8) is 0 Å². The van der Waals surface area contributed by atoms with Gasteiger partial charge in [-0.05, 0) is 37.1 Å². The number of fused-ring (bicyclic) bond motifs is 1. The highest BCUT2D eigenvalue weighted by molar-refractivity contribution is 7.90. The van der Waals surface area contributed by atoms with Crippen LogP contribution in [0.3, 0.4) is 0 Å². The number of benzene rings is 1. The molecular formula is C15H17NO5S. The monoisotopic (exact) mass is 323 g/mol. The first-order chi connectivity index (χ1) is 10.2. The molecule has 1 aromatic carbocycles. The lowest BCUT2D eigenvalue weighted by atomic mass is 10.1. The average Bonchev–Trinajstić information content (AvgIpc) is 2.37. The van der Waals surface area contributed by atoms with Gasteiger partial charge in [0, 0.05) is 29.8 Å². The molecular weight excluding hydrogens is 306 g/mol. The summed E-state index contributed by atoms with van der Waals surface area (Å²) in [4.78, 5) is 23.2. The van der Waals surface area contributed by atoms with Crippen molar-refractivity contribution in [1.29, 1.82) is 0 Å². The second-order valence-corrected chi connectivity index (χ2v) is 7.60. The van der Waals surface area contributed by atoms with Crippen LogP contribution < -0.4 is 10.9 Å². The molecule has 0 spiro atoms. The van der Waals surface area contributed by atoms with Crippen LogP contribution in [0.25, 0.3) is 11.0 Å². The Kier molecular flexibility index (Phi) is 4.37. The third-order valence-corrected chi connectivity index (χ3v) is 4.22. The van der Waals surface area contributed by atoms with Crippen molar-refractivity contribution in [3.8, 4) is 0 Å². The van der Waals surface area contributed by atoms with Gasteiger partial charge in [0.05, 0.1) is 5.75 Å². The maximum Gasteiger partial charge on any atom is 0.336 e. The van der Waals surface area contributed by atoms with Crippen LogP contribution in [0.15, 0.2) is 27.4 Å². The first kappa shape index (κ1) is 16.2. The summed E-state index contributed by atoms with van der Waals surface area (Å²) in [6.45, 7) is 3.55. The molecule has 1 amide bonds. The van der Waals surface area contributed by atoms with Crippen LogP contribution in [0.2, 0.25) is 0 Å². The second kappa shape index (κ2) is 5.92. The van der Waals surface area contributed by atoms with E-state index in [0.717, 1.165) is 22.8 Å². The van der Waals surface area contributed by atoms with Crippen molar-refractivity contribution in [3.05, 3.63) is 39.7 Å². The van der Waals surface area contributed by atoms with Gasteiger partial charge in [0.15, 0.2) is 0 Å². The minimum atomic E-state index is -3.18. The van der Waals surface area contributed by atoms with Crippen LogP contribution in [-0.2, 0) is 14.6 Å². The zero-order chi connectivity index (χ0) is 16.5. The maximum absolute atomic E-state index is 11.8. The van der Waals surface area contributed by atoms with Gasteiger partial charge in [0.1, 0.15) is 15.4 Å². The number of carbonyl (C=O) groups is 1. The molecule has 7 heteroatoms. The Bertz CT molecular complexity index is 896. The Morgan fingerprint density at radius 1 is 1.18 bits per heavy atom. The predicted molar refractivity (Wildman–Crippen MR) is 84.9 cm³/mol. The number of hydrogen-bond donors (Lipinski definition) is 1. The van der Waals surface area contributed by atoms with Crippen LogP contribution in [0.1, 0.15) is 17.5 Å². The molecule has 118 valence electrons. The standard InChI is InChI=1S/C15H17NO5S/c1-9-7-15(18)21-13-6-10(2)12(8-11(9)13)16-14(17)4-5-22(3,19)20/h6-8H,4-5H2,1-3H3,(H,16,17). The van der Waals surface area contributed by atoms with Crippen LogP contribution in [0.5, 0.6) is 0 Å². The number of aryl methyl sites for hydroxylation is 2. The van der Waals surface area contributed by atoms with Gasteiger partial charge >= 0.3 is 5.63 Å². The number of hydrogen-bond acceptors (Lipinski definition) is 5. The van der Waals surface area contributed by atoms with Gasteiger partial charge < -0.3 is 9.73 Å². The lowest BCUT2D eigenvalue weighted by Gasteiger charge is -2.10. The molecule has 0 fully saturated rings. The number of nitrogens with one attached hydrogen (secondary N) is 1. The lowest BCUT2D eigenvalue weighted by molar-refractivity contribution is -0.115. The number of carbonyl (C=O) groups excluding carboxylic acids is 1. The topological polar surface area (TPSA) is 93.4 Å². The van der Waals surface area contributed by atoms with Gasteiger partial charge in [-0.2, -0.15) is 0 Å². The summed E-state index contributed by atoms with van der Waals surface area (Å²) in [7, 11) is -3.18. The minimum absolute atomic E-state index is 0.0981. The van der Waals surface area contributed by atoms with Crippen LogP contribution in [0, 0.1) is 13.8 Å². The van der Waals surface area contributed by atoms with Gasteiger partial charge in [0.25, 0.3) is 0 Å². The predicted octanol–water partition coefficient (Wildman–Crippen LogP) is 1.78. The Balaban J connectivity index is 2.30. The smallest absolute Gasteiger partial charge is 0.336 e. The van der Waals surface area contributed by atoms with Gasteiger partial charge in [-0.15, -0.1) is 0 Å². The highest BCUT2D eigenvalue weighted by Gasteiger charge is 2.11. The van der Waals surface area contributed by atoms with Gasteiger partial charge in [-0.25, -0.2) is 13.2 Å². The molecule has 0 aliphatic heterocycles. The fourth-order valence-corrected chi connectivity index (χ4v) is 2.65. The van der Waals surface area contributed by atoms with Gasteiger partial charge in [-0.1, -0.05) is 0 Å². The van der Waals surface area contributed by atoms with Crippen molar-refractivity contribution in [2.45, 2.75) is 20.3 Å². The molecule has 0 unspecified atom stereocenters. The molecule has 2 rings (SSSR count). The number of amides is 1. The summed E-state index contributed by atoms with van der Waals surface area (Å²) in [5, 5.41) is 3.42. The third kappa shape index (κ3) is 3.94. The summed E-state index contributed by atoms with van der Waals surface area (Å²) < 4.78 is 27.3. The molecule has 22 heavy (non-hydrogen) atoms. The van der Waals surface area contributed by atoms with E-state index in [1.54, 1.807) is 26.0 Å². The average molecular weight is 323 g/mol. The molecule has 0 radical (unpaired) electrons. The fraction of sp³-hybridized carbons (Fsp3) is 0.333. The largest absolute Gasteiger partial charge is 0.423 e. The van der Waals surface area contributed by atoms with E-state index in [4.69, 9.17) is 4.42 Å². The summed E-state index contributed by atoms with van der Waals surface area (Å²) in [5.41, 5.74) is 2.08. The fourth-order valence-electron chi connectivity index (χ4n) is 2.09. The van der Waals surface area contributed by atoms with Crippen LogP contribution in [0.4, 0.5) is 5.69 Å². The number of anilines is 1. The maximum atomic E-state index is 11.8. The van der Waals surface area contributed by atoms with Crippen molar-refractivity contribution >= 4 is 32.4 Å². The van der Waals surface area contributed by atoms with E-state index < -0.39 is 15.5 Å². The number of sulfone groups is 1. The van der Waals surface area contributed by atoms with Gasteiger partial charge in [-0.3, -0.25) is 4.79 Å². The molecule has 1 heterocycles. The molecule has 1 N–H and O–H groups in total. The van der Waals surface area contributed by atoms with E-state index in [1.807, 2.05) is 0 Å². The van der Waals surface area contributed by atoms with Crippen LogP contribution >= 0.6 is 0 Å². The molecule has 2 aromatic rings. The molecule has 0 saturated carbocycles. The second-order valence-electron chi connectivity index (χ2n) is 5.34. The molecule has 1 aromatic heterocycles. The van der Waals surface area contributed by atoms with Crippen molar-refractivity contribution in [2.24, 2.45) is 0 Å². The van der Waals surface area contributed by atoms with Crippen molar-refractivity contribution in [1.82, 2.24) is 0 Å². The zero-order valence-corrected chi connectivity index (χ0v) is 13.4. The molecule has 6 nitrogen and oxygen atoms in total. The first-order valence-electron chi connectivity index (χ1n) is 6.68. The molecule has 0 aliphatic rings. The van der Waals surface area contributed by atoms with Crippen LogP contribution in [-0.4, -0.2) is 26.3 Å². The third-order valence-electron chi connectivity index (χ3n) is 3.27. The summed E-state index contributed by atoms with van der Waals surface area (Å²) >= 11 is 0. The Morgan fingerprint density at radius 3 is 2.50 bits per heavy atom. The van der Waals surface area contributed by atoms with E-state index in [2.05, 4.69) is 5.32 Å². The highest BCUT2D eigenvalue weighted by atomic mass is 32.2. The van der Waals surface area contributed by atoms with E-state index in [1.165, 1.54) is 6.07 Å². The molecule has 0 aliphatic carbocycles. The van der Waals surface area contributed by atoms with E-state index >= 15 is 0 Å². The summed E-state index contributed by atoms with van der Waals surface area (Å²) in [6, 6.07) is 4.78. The molecule has 0 bridgehead atoms. The van der Waals surface area contributed by atoms with Crippen molar-refractivity contribution in [2.75, 3.05) is 17.3 Å². The minimum Gasteiger partial charge on any atom is -0.423 e. The SMILES string of the molecule is Cc1cc2oc(=O)cc(C)c2cc1NC(=O)CCS(C)(=O)=O. The Hall–Kier alpha value is -2.15. The summed E-state index contributed by atoms with van der Waals surface area (Å²) in [6.07, 6.45) is 0.992. The van der Waals surface area contributed by atoms with E-state index in [0.29, 0.717) is 11.3 Å². The van der Waals surface area contributed by atoms with Crippen molar-refractivity contribution < 1.29 is 17.6 Å². The quantitative estimate of drug-likeness (QED) is 0.866. The number of rotatable bonds is 4. The zero-order valence-electron chi connectivity index (χ0n) is 12.6. The Labute approximate surface area is 128 Å². The van der Waals surface area contributed by atoms with E-state index in [9.17, 15) is 18.0 Å². The summed E-state index contributed by atoms with van der Waals surface area (Å²) in [5.74, 6) is -0.567. The Morgan fingerprint density at radius 2 is 1.86 bits per heavy atom.